The van der Waals surface area contributed by atoms with Crippen LogP contribution in [0.3, 0.4) is 0 Å². The number of nitrogens with zero attached hydrogens (tertiary/aromatic N) is 1. The highest BCUT2D eigenvalue weighted by Crippen LogP contribution is 2.59. The summed E-state index contributed by atoms with van der Waals surface area (Å²) in [6.07, 6.45) is 0. The van der Waals surface area contributed by atoms with Crippen LogP contribution < -0.4 is 4.90 Å². The van der Waals surface area contributed by atoms with Crippen molar-refractivity contribution in [2.24, 2.45) is 0 Å². The smallest absolute Gasteiger partial charge is 0.0493 e. The highest BCUT2D eigenvalue weighted by Gasteiger charge is 2.32. The molecule has 0 saturated carbocycles. The van der Waals surface area contributed by atoms with E-state index in [4.69, 9.17) is 0 Å². The molecular formula is C46H33N. The van der Waals surface area contributed by atoms with Gasteiger partial charge in [-0.15, -0.1) is 0 Å². The summed E-state index contributed by atoms with van der Waals surface area (Å²) >= 11 is 0. The van der Waals surface area contributed by atoms with Gasteiger partial charge in [-0.1, -0.05) is 121 Å². The van der Waals surface area contributed by atoms with Gasteiger partial charge in [-0.2, -0.15) is 0 Å². The van der Waals surface area contributed by atoms with E-state index >= 15 is 0 Å². The summed E-state index contributed by atoms with van der Waals surface area (Å²) in [5.41, 5.74) is 16.5. The topological polar surface area (TPSA) is 3.24 Å². The van der Waals surface area contributed by atoms with Crippen molar-refractivity contribution in [2.45, 2.75) is 13.8 Å². The largest absolute Gasteiger partial charge is 0.310 e. The van der Waals surface area contributed by atoms with Crippen molar-refractivity contribution in [3.63, 3.8) is 0 Å². The average molecular weight is 600 g/mol. The summed E-state index contributed by atoms with van der Waals surface area (Å²) in [5, 5.41) is 5.08. The molecule has 0 aliphatic heterocycles. The second-order valence-corrected chi connectivity index (χ2v) is 12.7. The maximum Gasteiger partial charge on any atom is 0.0493 e. The van der Waals surface area contributed by atoms with E-state index in [1.54, 1.807) is 0 Å². The van der Waals surface area contributed by atoms with Crippen molar-refractivity contribution < 1.29 is 0 Å². The Morgan fingerprint density at radius 1 is 0.383 bits per heavy atom. The number of hydrogen-bond acceptors (Lipinski definition) is 1. The van der Waals surface area contributed by atoms with Gasteiger partial charge >= 0.3 is 0 Å². The summed E-state index contributed by atoms with van der Waals surface area (Å²) in [6.45, 7) is 4.37. The van der Waals surface area contributed by atoms with Gasteiger partial charge in [0.05, 0.1) is 0 Å². The third-order valence-electron chi connectivity index (χ3n) is 9.72. The van der Waals surface area contributed by atoms with Gasteiger partial charge in [0.2, 0.25) is 0 Å². The van der Waals surface area contributed by atoms with Gasteiger partial charge in [0.15, 0.2) is 0 Å². The third-order valence-corrected chi connectivity index (χ3v) is 9.72. The molecule has 8 aromatic rings. The molecule has 9 rings (SSSR count). The van der Waals surface area contributed by atoms with E-state index in [9.17, 15) is 0 Å². The summed E-state index contributed by atoms with van der Waals surface area (Å²) in [6, 6.07) is 60.0. The number of fused-ring (bicyclic) bond motifs is 6. The number of benzene rings is 8. The van der Waals surface area contributed by atoms with E-state index in [0.29, 0.717) is 0 Å². The average Bonchev–Trinajstić information content (AvgIpc) is 3.12. The predicted octanol–water partition coefficient (Wildman–Crippen LogP) is 13.1. The van der Waals surface area contributed by atoms with Crippen LogP contribution in [0.1, 0.15) is 11.1 Å². The van der Waals surface area contributed by atoms with Crippen molar-refractivity contribution in [3.8, 4) is 44.5 Å². The molecule has 0 N–H and O–H groups in total. The minimum atomic E-state index is 1.15. The van der Waals surface area contributed by atoms with Crippen molar-refractivity contribution in [3.05, 3.63) is 175 Å². The first-order chi connectivity index (χ1) is 23.2. The number of para-hydroxylation sites is 1. The van der Waals surface area contributed by atoms with Crippen molar-refractivity contribution >= 4 is 38.6 Å². The van der Waals surface area contributed by atoms with Gasteiger partial charge in [-0.25, -0.2) is 0 Å². The van der Waals surface area contributed by atoms with Gasteiger partial charge in [-0.3, -0.25) is 0 Å². The lowest BCUT2D eigenvalue weighted by molar-refractivity contribution is 1.24. The molecule has 0 unspecified atom stereocenters. The molecule has 0 fully saturated rings. The molecule has 8 aromatic carbocycles. The highest BCUT2D eigenvalue weighted by atomic mass is 15.1. The quantitative estimate of drug-likeness (QED) is 0.190. The molecule has 0 amide bonds. The summed E-state index contributed by atoms with van der Waals surface area (Å²) in [5.74, 6) is 0. The van der Waals surface area contributed by atoms with E-state index in [2.05, 4.69) is 183 Å². The van der Waals surface area contributed by atoms with Gasteiger partial charge in [-0.05, 0) is 133 Å². The Balaban J connectivity index is 1.30. The van der Waals surface area contributed by atoms with Crippen LogP contribution in [0.2, 0.25) is 0 Å². The van der Waals surface area contributed by atoms with E-state index in [-0.39, 0.29) is 0 Å². The Kier molecular flexibility index (Phi) is 6.33. The molecule has 222 valence electrons. The first kappa shape index (κ1) is 27.4. The lowest BCUT2D eigenvalue weighted by atomic mass is 9.70. The standard InChI is InChI=1S/C46H33N/c1-30-22-23-31(2)42(26-30)47(36-18-10-5-11-19-36)37-25-24-34-28-40-41(29-35(34)27-37)46-44(33-16-8-4-9-17-33)39-21-13-12-20-38(39)43(45(40)46)32-14-6-3-7-15-32/h3-29H,1-2H3. The minimum absolute atomic E-state index is 1.15. The van der Waals surface area contributed by atoms with E-state index in [0.717, 1.165) is 11.4 Å². The van der Waals surface area contributed by atoms with Gasteiger partial charge in [0, 0.05) is 17.1 Å². The Bertz CT molecular complexity index is 2460. The molecule has 0 radical (unpaired) electrons. The van der Waals surface area contributed by atoms with Crippen molar-refractivity contribution in [1.82, 2.24) is 0 Å². The molecule has 1 aliphatic rings. The minimum Gasteiger partial charge on any atom is -0.310 e. The fraction of sp³-hybridized carbons (Fsp3) is 0.0435. The molecule has 0 spiro atoms. The van der Waals surface area contributed by atoms with Gasteiger partial charge in [0.1, 0.15) is 0 Å². The SMILES string of the molecule is Cc1ccc(C)c(N(c2ccccc2)c2ccc3cc4c(cc3c2)-c2c-4c(-c3ccccc3)c3ccccc3c2-c2ccccc2)c1. The molecule has 1 nitrogen and oxygen atoms in total. The second-order valence-electron chi connectivity index (χ2n) is 12.7. The monoisotopic (exact) mass is 599 g/mol. The van der Waals surface area contributed by atoms with Crippen molar-refractivity contribution in [1.29, 1.82) is 0 Å². The van der Waals surface area contributed by atoms with Crippen LogP contribution in [-0.2, 0) is 0 Å². The van der Waals surface area contributed by atoms with Gasteiger partial charge < -0.3 is 4.90 Å². The summed E-state index contributed by atoms with van der Waals surface area (Å²) in [7, 11) is 0. The van der Waals surface area contributed by atoms with E-state index < -0.39 is 0 Å². The zero-order valence-corrected chi connectivity index (χ0v) is 26.5. The second kappa shape index (κ2) is 10.9. The van der Waals surface area contributed by atoms with Crippen LogP contribution in [0.25, 0.3) is 66.1 Å². The van der Waals surface area contributed by atoms with Crippen LogP contribution in [0, 0.1) is 13.8 Å². The molecule has 0 bridgehead atoms. The van der Waals surface area contributed by atoms with Gasteiger partial charge in [0.25, 0.3) is 0 Å². The molecule has 0 atom stereocenters. The third kappa shape index (κ3) is 4.39. The zero-order chi connectivity index (χ0) is 31.5. The first-order valence-corrected chi connectivity index (χ1v) is 16.4. The summed E-state index contributed by atoms with van der Waals surface area (Å²) < 4.78 is 0. The van der Waals surface area contributed by atoms with Crippen LogP contribution in [0.15, 0.2) is 164 Å². The molecular weight excluding hydrogens is 567 g/mol. The number of aryl methyl sites for hydroxylation is 2. The molecule has 0 heterocycles. The maximum atomic E-state index is 2.43. The number of hydrogen-bond donors (Lipinski definition) is 0. The Morgan fingerprint density at radius 3 is 1.51 bits per heavy atom. The fourth-order valence-electron chi connectivity index (χ4n) is 7.53. The lowest BCUT2D eigenvalue weighted by Crippen LogP contribution is -2.11. The van der Waals surface area contributed by atoms with E-state index in [1.165, 1.54) is 82.9 Å². The summed E-state index contributed by atoms with van der Waals surface area (Å²) in [4.78, 5) is 2.39. The number of rotatable bonds is 5. The zero-order valence-electron chi connectivity index (χ0n) is 26.5. The predicted molar refractivity (Wildman–Crippen MR) is 201 cm³/mol. The van der Waals surface area contributed by atoms with Crippen LogP contribution in [-0.4, -0.2) is 0 Å². The normalized spacial score (nSPS) is 11.6. The fourth-order valence-corrected chi connectivity index (χ4v) is 7.53. The first-order valence-electron chi connectivity index (χ1n) is 16.4. The molecule has 0 saturated heterocycles. The van der Waals surface area contributed by atoms with Crippen LogP contribution >= 0.6 is 0 Å². The van der Waals surface area contributed by atoms with Crippen LogP contribution in [0.4, 0.5) is 17.1 Å². The molecule has 47 heavy (non-hydrogen) atoms. The highest BCUT2D eigenvalue weighted by molar-refractivity contribution is 6.26. The maximum absolute atomic E-state index is 2.43. The van der Waals surface area contributed by atoms with E-state index in [1.807, 2.05) is 0 Å². The molecule has 0 aromatic heterocycles. The Hall–Kier alpha value is -5.92. The lowest BCUT2D eigenvalue weighted by Gasteiger charge is -2.33. The molecule has 1 aliphatic carbocycles. The molecule has 1 heteroatoms. The Labute approximate surface area is 276 Å². The Morgan fingerprint density at radius 2 is 0.915 bits per heavy atom. The van der Waals surface area contributed by atoms with Crippen molar-refractivity contribution in [2.75, 3.05) is 4.90 Å². The van der Waals surface area contributed by atoms with Crippen LogP contribution in [0.5, 0.6) is 0 Å². The number of anilines is 3.